The van der Waals surface area contributed by atoms with Crippen LogP contribution in [0.2, 0.25) is 0 Å². The van der Waals surface area contributed by atoms with Gasteiger partial charge >= 0.3 is 11.9 Å². The monoisotopic (exact) mass is 467 g/mol. The summed E-state index contributed by atoms with van der Waals surface area (Å²) in [6.45, 7) is 7.25. The number of ether oxygens (including phenoxy) is 3. The second kappa shape index (κ2) is 10.8. The fourth-order valence-electron chi connectivity index (χ4n) is 4.36. The van der Waals surface area contributed by atoms with Crippen molar-refractivity contribution in [2.75, 3.05) is 32.9 Å². The topological polar surface area (TPSA) is 99.2 Å². The number of benzene rings is 1. The van der Waals surface area contributed by atoms with Crippen LogP contribution in [0, 0.1) is 17.8 Å². The van der Waals surface area contributed by atoms with E-state index in [2.05, 4.69) is 20.8 Å². The van der Waals surface area contributed by atoms with Gasteiger partial charge in [0.1, 0.15) is 6.10 Å². The Hall–Kier alpha value is -1.97. The van der Waals surface area contributed by atoms with Gasteiger partial charge in [-0.1, -0.05) is 27.2 Å². The Bertz CT molecular complexity index is 891. The molecule has 178 valence electrons. The predicted molar refractivity (Wildman–Crippen MR) is 118 cm³/mol. The first-order valence-electron chi connectivity index (χ1n) is 11.2. The molecule has 1 saturated carbocycles. The van der Waals surface area contributed by atoms with Gasteiger partial charge in [0, 0.05) is 13.1 Å². The van der Waals surface area contributed by atoms with Gasteiger partial charge in [-0.3, -0.25) is 0 Å². The molecule has 0 bridgehead atoms. The molecule has 1 aliphatic heterocycles. The van der Waals surface area contributed by atoms with Gasteiger partial charge in [-0.25, -0.2) is 18.0 Å². The van der Waals surface area contributed by atoms with Gasteiger partial charge in [0.05, 0.1) is 23.7 Å². The summed E-state index contributed by atoms with van der Waals surface area (Å²) in [4.78, 5) is 24.7. The highest BCUT2D eigenvalue weighted by atomic mass is 32.2. The van der Waals surface area contributed by atoms with Gasteiger partial charge in [-0.2, -0.15) is 4.31 Å². The third-order valence-corrected chi connectivity index (χ3v) is 8.18. The van der Waals surface area contributed by atoms with Crippen molar-refractivity contribution in [2.45, 2.75) is 51.0 Å². The van der Waals surface area contributed by atoms with Crippen molar-refractivity contribution in [3.8, 4) is 0 Å². The fraction of sp³-hybridized carbons (Fsp3) is 0.652. The van der Waals surface area contributed by atoms with Crippen LogP contribution >= 0.6 is 0 Å². The number of carbonyl (C=O) groups excluding carboxylic acids is 2. The maximum atomic E-state index is 12.7. The number of hydrogen-bond acceptors (Lipinski definition) is 7. The second-order valence-electron chi connectivity index (χ2n) is 8.97. The second-order valence-corrected chi connectivity index (χ2v) is 10.9. The van der Waals surface area contributed by atoms with Crippen LogP contribution in [-0.2, 0) is 29.0 Å². The molecule has 0 radical (unpaired) electrons. The van der Waals surface area contributed by atoms with E-state index >= 15 is 0 Å². The highest BCUT2D eigenvalue weighted by Gasteiger charge is 2.33. The molecule has 1 heterocycles. The zero-order valence-corrected chi connectivity index (χ0v) is 19.8. The van der Waals surface area contributed by atoms with Crippen LogP contribution in [0.3, 0.4) is 0 Å². The lowest BCUT2D eigenvalue weighted by molar-refractivity contribution is -0.159. The Labute approximate surface area is 190 Å². The molecule has 3 atom stereocenters. The number of nitrogens with zero attached hydrogens (tertiary/aromatic N) is 1. The molecule has 1 aromatic carbocycles. The van der Waals surface area contributed by atoms with Crippen LogP contribution in [0.1, 0.15) is 50.4 Å². The molecule has 1 saturated heterocycles. The molecule has 0 N–H and O–H groups in total. The maximum Gasteiger partial charge on any atom is 0.344 e. The van der Waals surface area contributed by atoms with Crippen LogP contribution < -0.4 is 0 Å². The molecule has 0 aromatic heterocycles. The van der Waals surface area contributed by atoms with Crippen molar-refractivity contribution in [3.05, 3.63) is 29.8 Å². The summed E-state index contributed by atoms with van der Waals surface area (Å²) >= 11 is 0. The summed E-state index contributed by atoms with van der Waals surface area (Å²) in [5, 5.41) is 0. The van der Waals surface area contributed by atoms with Crippen molar-refractivity contribution in [1.82, 2.24) is 4.31 Å². The molecule has 2 fully saturated rings. The summed E-state index contributed by atoms with van der Waals surface area (Å²) in [5.41, 5.74) is 0.171. The standard InChI is InChI=1S/C23H33NO7S/c1-16(2)20-9-4-17(3)14-21(20)31-22(25)15-30-23(26)18-5-7-19(8-6-18)32(27,28)24-10-12-29-13-11-24/h5-8,16-17,20-21H,4,9-15H2,1-3H3. The summed E-state index contributed by atoms with van der Waals surface area (Å²) in [6, 6.07) is 5.52. The van der Waals surface area contributed by atoms with Crippen molar-refractivity contribution < 1.29 is 32.2 Å². The molecule has 9 heteroatoms. The number of hydrogen-bond donors (Lipinski definition) is 0. The Kier molecular flexibility index (Phi) is 8.30. The first-order chi connectivity index (χ1) is 15.2. The van der Waals surface area contributed by atoms with Crippen molar-refractivity contribution in [2.24, 2.45) is 17.8 Å². The summed E-state index contributed by atoms with van der Waals surface area (Å²) in [6.07, 6.45) is 2.82. The lowest BCUT2D eigenvalue weighted by atomic mass is 9.75. The average molecular weight is 468 g/mol. The summed E-state index contributed by atoms with van der Waals surface area (Å²) in [7, 11) is -3.64. The Morgan fingerprint density at radius 3 is 2.41 bits per heavy atom. The van der Waals surface area contributed by atoms with Gasteiger partial charge in [0.25, 0.3) is 0 Å². The van der Waals surface area contributed by atoms with Crippen LogP contribution in [-0.4, -0.2) is 63.7 Å². The van der Waals surface area contributed by atoms with Crippen LogP contribution in [0.25, 0.3) is 0 Å². The quantitative estimate of drug-likeness (QED) is 0.569. The summed E-state index contributed by atoms with van der Waals surface area (Å²) in [5.74, 6) is -0.0381. The number of carbonyl (C=O) groups is 2. The minimum absolute atomic E-state index is 0.0986. The molecule has 8 nitrogen and oxygen atoms in total. The van der Waals surface area contributed by atoms with E-state index in [-0.39, 0.29) is 16.6 Å². The highest BCUT2D eigenvalue weighted by Crippen LogP contribution is 2.35. The average Bonchev–Trinajstić information content (AvgIpc) is 2.78. The normalized spacial score (nSPS) is 24.8. The third kappa shape index (κ3) is 6.08. The van der Waals surface area contributed by atoms with Crippen molar-refractivity contribution in [3.63, 3.8) is 0 Å². The molecule has 32 heavy (non-hydrogen) atoms. The van der Waals surface area contributed by atoms with E-state index in [4.69, 9.17) is 14.2 Å². The van der Waals surface area contributed by atoms with E-state index in [9.17, 15) is 18.0 Å². The van der Waals surface area contributed by atoms with Gasteiger partial charge in [-0.05, 0) is 54.9 Å². The van der Waals surface area contributed by atoms with Gasteiger partial charge < -0.3 is 14.2 Å². The van der Waals surface area contributed by atoms with E-state index in [1.165, 1.54) is 28.6 Å². The van der Waals surface area contributed by atoms with Gasteiger partial charge in [0.15, 0.2) is 6.61 Å². The molecule has 1 aliphatic carbocycles. The largest absolute Gasteiger partial charge is 0.460 e. The van der Waals surface area contributed by atoms with Crippen LogP contribution in [0.4, 0.5) is 0 Å². The SMILES string of the molecule is CC1CCC(C(C)C)C(OC(=O)COC(=O)c2ccc(S(=O)(=O)N3CCOCC3)cc2)C1. The maximum absolute atomic E-state index is 12.7. The smallest absolute Gasteiger partial charge is 0.344 e. The summed E-state index contributed by atoms with van der Waals surface area (Å²) < 4.78 is 42.6. The Morgan fingerprint density at radius 1 is 1.12 bits per heavy atom. The minimum Gasteiger partial charge on any atom is -0.460 e. The zero-order valence-electron chi connectivity index (χ0n) is 19.0. The Morgan fingerprint density at radius 2 is 1.78 bits per heavy atom. The van der Waals surface area contributed by atoms with E-state index in [0.717, 1.165) is 19.3 Å². The number of sulfonamides is 1. The van der Waals surface area contributed by atoms with E-state index in [0.29, 0.717) is 44.1 Å². The molecule has 2 aliphatic rings. The molecule has 0 spiro atoms. The minimum atomic E-state index is -3.64. The van der Waals surface area contributed by atoms with Crippen molar-refractivity contribution >= 4 is 22.0 Å². The molecular formula is C23H33NO7S. The predicted octanol–water partition coefficient (Wildman–Crippen LogP) is 2.87. The number of rotatable bonds is 7. The van der Waals surface area contributed by atoms with E-state index in [1.807, 2.05) is 0 Å². The fourth-order valence-corrected chi connectivity index (χ4v) is 5.77. The van der Waals surface area contributed by atoms with Crippen LogP contribution in [0.5, 0.6) is 0 Å². The third-order valence-electron chi connectivity index (χ3n) is 6.26. The van der Waals surface area contributed by atoms with Gasteiger partial charge in [0.2, 0.25) is 10.0 Å². The first-order valence-corrected chi connectivity index (χ1v) is 12.7. The number of esters is 2. The zero-order chi connectivity index (χ0) is 23.3. The van der Waals surface area contributed by atoms with Crippen LogP contribution in [0.15, 0.2) is 29.2 Å². The lowest BCUT2D eigenvalue weighted by Gasteiger charge is -2.36. The molecular weight excluding hydrogens is 434 g/mol. The first kappa shape index (κ1) is 24.7. The highest BCUT2D eigenvalue weighted by molar-refractivity contribution is 7.89. The Balaban J connectivity index is 1.54. The molecule has 1 aromatic rings. The lowest BCUT2D eigenvalue weighted by Crippen LogP contribution is -2.40. The molecule has 0 amide bonds. The van der Waals surface area contributed by atoms with Gasteiger partial charge in [-0.15, -0.1) is 0 Å². The van der Waals surface area contributed by atoms with E-state index in [1.54, 1.807) is 0 Å². The molecule has 3 rings (SSSR count). The van der Waals surface area contributed by atoms with Crippen molar-refractivity contribution in [1.29, 1.82) is 0 Å². The number of morpholine rings is 1. The van der Waals surface area contributed by atoms with E-state index < -0.39 is 28.6 Å². The molecule has 3 unspecified atom stereocenters.